The zero-order chi connectivity index (χ0) is 14.8. The Balaban J connectivity index is 1.57. The molecular weight excluding hydrogens is 306 g/mol. The van der Waals surface area contributed by atoms with Gasteiger partial charge in [-0.1, -0.05) is 23.7 Å². The molecule has 6 heteroatoms. The Hall–Kier alpha value is -1.17. The van der Waals surface area contributed by atoms with Crippen molar-refractivity contribution in [3.05, 3.63) is 34.9 Å². The van der Waals surface area contributed by atoms with Gasteiger partial charge in [0.25, 0.3) is 5.91 Å². The van der Waals surface area contributed by atoms with Gasteiger partial charge in [0.05, 0.1) is 10.6 Å². The van der Waals surface area contributed by atoms with Crippen LogP contribution in [0.1, 0.15) is 23.2 Å². The van der Waals surface area contributed by atoms with Gasteiger partial charge in [-0.05, 0) is 56.2 Å². The first-order valence-electron chi connectivity index (χ1n) is 7.22. The highest BCUT2D eigenvalue weighted by Crippen LogP contribution is 2.27. The Morgan fingerprint density at radius 1 is 1.29 bits per heavy atom. The number of rotatable bonds is 2. The molecule has 1 aromatic rings. The molecule has 0 spiro atoms. The highest BCUT2D eigenvalue weighted by Gasteiger charge is 2.34. The van der Waals surface area contributed by atoms with Crippen LogP contribution in [0.25, 0.3) is 0 Å². The van der Waals surface area contributed by atoms with Gasteiger partial charge >= 0.3 is 0 Å². The third kappa shape index (κ3) is 3.36. The summed E-state index contributed by atoms with van der Waals surface area (Å²) in [6.07, 6.45) is 2.41. The molecule has 1 amide bonds. The van der Waals surface area contributed by atoms with Gasteiger partial charge in [-0.25, -0.2) is 0 Å². The summed E-state index contributed by atoms with van der Waals surface area (Å²) in [4.78, 5) is 14.6. The van der Waals surface area contributed by atoms with Gasteiger partial charge < -0.3 is 10.2 Å². The Kier molecular flexibility index (Phi) is 4.42. The number of halogens is 1. The van der Waals surface area contributed by atoms with Crippen LogP contribution >= 0.6 is 23.8 Å². The molecule has 0 saturated carbocycles. The number of amides is 1. The first-order chi connectivity index (χ1) is 10.1. The van der Waals surface area contributed by atoms with E-state index in [-0.39, 0.29) is 5.91 Å². The molecule has 3 heterocycles. The summed E-state index contributed by atoms with van der Waals surface area (Å²) < 4.78 is 0. The third-order valence-corrected chi connectivity index (χ3v) is 4.87. The number of piperidine rings is 3. The predicted octanol–water partition coefficient (Wildman–Crippen LogP) is 2.04. The highest BCUT2D eigenvalue weighted by molar-refractivity contribution is 7.80. The van der Waals surface area contributed by atoms with Crippen molar-refractivity contribution >= 4 is 34.8 Å². The number of carbonyl (C=O) groups excluding carboxylic acids is 1. The molecule has 112 valence electrons. The third-order valence-electron chi connectivity index (χ3n) is 4.32. The molecule has 3 aliphatic rings. The number of fused-ring (bicyclic) bond motifs is 3. The lowest BCUT2D eigenvalue weighted by atomic mass is 9.84. The number of nitrogens with zero attached hydrogens (tertiary/aromatic N) is 1. The summed E-state index contributed by atoms with van der Waals surface area (Å²) in [5.41, 5.74) is 0.442. The van der Waals surface area contributed by atoms with Gasteiger partial charge in [0, 0.05) is 12.6 Å². The highest BCUT2D eigenvalue weighted by atomic mass is 35.5. The van der Waals surface area contributed by atoms with E-state index in [0.717, 1.165) is 6.54 Å². The van der Waals surface area contributed by atoms with Gasteiger partial charge in [-0.2, -0.15) is 0 Å². The molecule has 0 aliphatic carbocycles. The second kappa shape index (κ2) is 6.30. The molecule has 3 fully saturated rings. The van der Waals surface area contributed by atoms with Gasteiger partial charge in [0.15, 0.2) is 5.11 Å². The van der Waals surface area contributed by atoms with Crippen LogP contribution in [0.4, 0.5) is 0 Å². The quantitative estimate of drug-likeness (QED) is 0.818. The summed E-state index contributed by atoms with van der Waals surface area (Å²) in [6, 6.07) is 7.30. The van der Waals surface area contributed by atoms with Crippen molar-refractivity contribution in [1.82, 2.24) is 15.5 Å². The topological polar surface area (TPSA) is 44.4 Å². The van der Waals surface area contributed by atoms with E-state index in [1.54, 1.807) is 24.3 Å². The summed E-state index contributed by atoms with van der Waals surface area (Å²) in [7, 11) is 0. The molecular formula is C15H18ClN3OS. The maximum atomic E-state index is 12.1. The fourth-order valence-electron chi connectivity index (χ4n) is 3.15. The normalized spacial score (nSPS) is 27.2. The van der Waals surface area contributed by atoms with Crippen molar-refractivity contribution < 1.29 is 4.79 Å². The largest absolute Gasteiger partial charge is 0.358 e. The molecule has 1 aromatic carbocycles. The van der Waals surface area contributed by atoms with Crippen molar-refractivity contribution in [2.45, 2.75) is 18.9 Å². The molecule has 4 rings (SSSR count). The van der Waals surface area contributed by atoms with Crippen LogP contribution in [0.5, 0.6) is 0 Å². The molecule has 3 aliphatic heterocycles. The Labute approximate surface area is 134 Å². The molecule has 3 saturated heterocycles. The fourth-order valence-corrected chi connectivity index (χ4v) is 3.61. The van der Waals surface area contributed by atoms with E-state index in [2.05, 4.69) is 15.5 Å². The summed E-state index contributed by atoms with van der Waals surface area (Å²) >= 11 is 11.3. The molecule has 1 atom stereocenters. The van der Waals surface area contributed by atoms with E-state index >= 15 is 0 Å². The fraction of sp³-hybridized carbons (Fsp3) is 0.467. The lowest BCUT2D eigenvalue weighted by Gasteiger charge is -2.45. The average molecular weight is 324 g/mol. The SMILES string of the molecule is O=C(NC(=S)NC1CN2CCC1CC2)c1ccccc1Cl. The molecule has 2 N–H and O–H groups in total. The maximum Gasteiger partial charge on any atom is 0.258 e. The van der Waals surface area contributed by atoms with Crippen molar-refractivity contribution in [2.75, 3.05) is 19.6 Å². The van der Waals surface area contributed by atoms with Crippen LogP contribution in [0.2, 0.25) is 5.02 Å². The predicted molar refractivity (Wildman–Crippen MR) is 87.6 cm³/mol. The zero-order valence-electron chi connectivity index (χ0n) is 11.6. The van der Waals surface area contributed by atoms with Crippen LogP contribution < -0.4 is 10.6 Å². The van der Waals surface area contributed by atoms with E-state index in [4.69, 9.17) is 23.8 Å². The van der Waals surface area contributed by atoms with Crippen LogP contribution in [-0.4, -0.2) is 41.6 Å². The van der Waals surface area contributed by atoms with Gasteiger partial charge in [0.2, 0.25) is 0 Å². The maximum absolute atomic E-state index is 12.1. The molecule has 1 unspecified atom stereocenters. The van der Waals surface area contributed by atoms with Gasteiger partial charge in [-0.3, -0.25) is 10.1 Å². The lowest BCUT2D eigenvalue weighted by molar-refractivity contribution is 0.0807. The minimum absolute atomic E-state index is 0.264. The van der Waals surface area contributed by atoms with E-state index in [0.29, 0.717) is 27.7 Å². The standard InChI is InChI=1S/C15H18ClN3OS/c16-12-4-2-1-3-11(12)14(20)18-15(21)17-13-9-19-7-5-10(13)6-8-19/h1-4,10,13H,5-9H2,(H2,17,18,20,21). The number of thiocarbonyl (C=S) groups is 1. The molecule has 4 nitrogen and oxygen atoms in total. The van der Waals surface area contributed by atoms with Gasteiger partial charge in [-0.15, -0.1) is 0 Å². The lowest BCUT2D eigenvalue weighted by Crippen LogP contribution is -2.59. The van der Waals surface area contributed by atoms with E-state index in [1.165, 1.54) is 25.9 Å². The summed E-state index contributed by atoms with van der Waals surface area (Å²) in [6.45, 7) is 3.37. The number of benzene rings is 1. The Bertz CT molecular complexity index is 558. The number of carbonyl (C=O) groups is 1. The van der Waals surface area contributed by atoms with Crippen molar-refractivity contribution in [2.24, 2.45) is 5.92 Å². The monoisotopic (exact) mass is 323 g/mol. The van der Waals surface area contributed by atoms with Gasteiger partial charge in [0.1, 0.15) is 0 Å². The number of hydrogen-bond donors (Lipinski definition) is 2. The average Bonchev–Trinajstić information content (AvgIpc) is 2.48. The Morgan fingerprint density at radius 2 is 2.00 bits per heavy atom. The first kappa shape index (κ1) is 14.8. The molecule has 2 bridgehead atoms. The number of nitrogens with one attached hydrogen (secondary N) is 2. The van der Waals surface area contributed by atoms with Crippen molar-refractivity contribution in [3.8, 4) is 0 Å². The van der Waals surface area contributed by atoms with E-state index in [1.807, 2.05) is 0 Å². The van der Waals surface area contributed by atoms with Crippen LogP contribution in [0.15, 0.2) is 24.3 Å². The molecule has 0 radical (unpaired) electrons. The van der Waals surface area contributed by atoms with E-state index < -0.39 is 0 Å². The minimum Gasteiger partial charge on any atom is -0.358 e. The van der Waals surface area contributed by atoms with Crippen molar-refractivity contribution in [3.63, 3.8) is 0 Å². The van der Waals surface area contributed by atoms with E-state index in [9.17, 15) is 4.79 Å². The second-order valence-corrected chi connectivity index (χ2v) is 6.47. The summed E-state index contributed by atoms with van der Waals surface area (Å²) in [5.74, 6) is 0.393. The molecule has 21 heavy (non-hydrogen) atoms. The molecule has 0 aromatic heterocycles. The van der Waals surface area contributed by atoms with Crippen LogP contribution in [-0.2, 0) is 0 Å². The second-order valence-electron chi connectivity index (χ2n) is 5.65. The zero-order valence-corrected chi connectivity index (χ0v) is 13.2. The smallest absolute Gasteiger partial charge is 0.258 e. The van der Waals surface area contributed by atoms with Crippen LogP contribution in [0.3, 0.4) is 0 Å². The summed E-state index contributed by atoms with van der Waals surface area (Å²) in [5, 5.41) is 6.83. The van der Waals surface area contributed by atoms with Crippen molar-refractivity contribution in [1.29, 1.82) is 0 Å². The number of hydrogen-bond acceptors (Lipinski definition) is 3. The minimum atomic E-state index is -0.264. The van der Waals surface area contributed by atoms with Crippen LogP contribution in [0, 0.1) is 5.92 Å². The first-order valence-corrected chi connectivity index (χ1v) is 8.01. The Morgan fingerprint density at radius 3 is 2.62 bits per heavy atom.